The van der Waals surface area contributed by atoms with Crippen molar-refractivity contribution in [1.29, 1.82) is 0 Å². The molecule has 0 N–H and O–H groups in total. The molecule has 5 heteroatoms. The first-order valence-corrected chi connectivity index (χ1v) is 4.49. The van der Waals surface area contributed by atoms with Crippen LogP contribution in [-0.4, -0.2) is 5.78 Å². The van der Waals surface area contributed by atoms with Crippen LogP contribution < -0.4 is 0 Å². The number of aryl methyl sites for hydroxylation is 1. The van der Waals surface area contributed by atoms with Crippen LogP contribution in [-0.2, 0) is 6.18 Å². The lowest BCUT2D eigenvalue weighted by molar-refractivity contribution is -0.137. The van der Waals surface area contributed by atoms with Gasteiger partial charge in [0.05, 0.1) is 10.6 Å². The Bertz CT molecular complexity index is 387. The Kier molecular flexibility index (Phi) is 3.09. The highest BCUT2D eigenvalue weighted by Gasteiger charge is 2.35. The molecule has 0 aliphatic rings. The third-order valence-electron chi connectivity index (χ3n) is 1.98. The quantitative estimate of drug-likeness (QED) is 0.677. The molecule has 0 saturated carbocycles. The SMILES string of the molecule is CC(=O)c1cc(C)c(C(F)(F)F)c(Cl)c1. The van der Waals surface area contributed by atoms with Crippen LogP contribution in [0.5, 0.6) is 0 Å². The first-order valence-electron chi connectivity index (χ1n) is 4.11. The van der Waals surface area contributed by atoms with Gasteiger partial charge in [0.15, 0.2) is 5.78 Å². The Morgan fingerprint density at radius 2 is 1.87 bits per heavy atom. The topological polar surface area (TPSA) is 17.1 Å². The summed E-state index contributed by atoms with van der Waals surface area (Å²) in [5, 5.41) is -0.437. The van der Waals surface area contributed by atoms with Crippen LogP contribution in [0.4, 0.5) is 13.2 Å². The molecule has 0 atom stereocenters. The minimum Gasteiger partial charge on any atom is -0.295 e. The highest BCUT2D eigenvalue weighted by atomic mass is 35.5. The molecule has 0 bridgehead atoms. The van der Waals surface area contributed by atoms with Gasteiger partial charge in [0, 0.05) is 5.56 Å². The summed E-state index contributed by atoms with van der Waals surface area (Å²) in [5.74, 6) is -0.311. The summed E-state index contributed by atoms with van der Waals surface area (Å²) in [6.45, 7) is 2.56. The van der Waals surface area contributed by atoms with E-state index in [2.05, 4.69) is 0 Å². The second-order valence-corrected chi connectivity index (χ2v) is 3.61. The standard InChI is InChI=1S/C10H8ClF3O/c1-5-3-7(6(2)15)4-8(11)9(5)10(12,13)14/h3-4H,1-2H3. The zero-order valence-corrected chi connectivity index (χ0v) is 8.83. The fourth-order valence-corrected chi connectivity index (χ4v) is 1.68. The van der Waals surface area contributed by atoms with Crippen LogP contribution in [0.3, 0.4) is 0 Å². The van der Waals surface area contributed by atoms with E-state index in [0.717, 1.165) is 6.07 Å². The number of carbonyl (C=O) groups is 1. The number of Topliss-reactive ketones (excluding diaryl/α,β-unsaturated/α-hetero) is 1. The summed E-state index contributed by atoms with van der Waals surface area (Å²) >= 11 is 5.49. The van der Waals surface area contributed by atoms with E-state index < -0.39 is 16.8 Å². The Morgan fingerprint density at radius 1 is 1.33 bits per heavy atom. The summed E-state index contributed by atoms with van der Waals surface area (Å²) < 4.78 is 37.4. The second-order valence-electron chi connectivity index (χ2n) is 3.20. The number of ketones is 1. The van der Waals surface area contributed by atoms with Crippen molar-refractivity contribution in [2.24, 2.45) is 0 Å². The first-order chi connectivity index (χ1) is 6.73. The summed E-state index contributed by atoms with van der Waals surface area (Å²) in [4.78, 5) is 11.0. The molecule has 0 saturated heterocycles. The lowest BCUT2D eigenvalue weighted by Gasteiger charge is -2.13. The lowest BCUT2D eigenvalue weighted by Crippen LogP contribution is -2.09. The largest absolute Gasteiger partial charge is 0.418 e. The third kappa shape index (κ3) is 2.50. The van der Waals surface area contributed by atoms with Crippen LogP contribution >= 0.6 is 11.6 Å². The number of hydrogen-bond acceptors (Lipinski definition) is 1. The molecule has 0 unspecified atom stereocenters. The van der Waals surface area contributed by atoms with E-state index in [-0.39, 0.29) is 16.9 Å². The number of halogens is 4. The Labute approximate surface area is 89.9 Å². The van der Waals surface area contributed by atoms with Crippen LogP contribution in [0.1, 0.15) is 28.4 Å². The van der Waals surface area contributed by atoms with Gasteiger partial charge in [-0.2, -0.15) is 13.2 Å². The Balaban J connectivity index is 3.41. The molecule has 0 amide bonds. The molecule has 15 heavy (non-hydrogen) atoms. The van der Waals surface area contributed by atoms with E-state index in [4.69, 9.17) is 11.6 Å². The van der Waals surface area contributed by atoms with Gasteiger partial charge in [-0.3, -0.25) is 4.79 Å². The predicted octanol–water partition coefficient (Wildman–Crippen LogP) is 3.87. The third-order valence-corrected chi connectivity index (χ3v) is 2.28. The molecular formula is C10H8ClF3O. The van der Waals surface area contributed by atoms with Crippen molar-refractivity contribution < 1.29 is 18.0 Å². The molecule has 0 aliphatic heterocycles. The molecule has 0 aromatic heterocycles. The van der Waals surface area contributed by atoms with E-state index in [1.54, 1.807) is 0 Å². The molecule has 0 heterocycles. The summed E-state index contributed by atoms with van der Waals surface area (Å²) in [6, 6.07) is 2.23. The number of carbonyl (C=O) groups excluding carboxylic acids is 1. The molecule has 0 aliphatic carbocycles. The summed E-state index contributed by atoms with van der Waals surface area (Å²) in [7, 11) is 0. The number of alkyl halides is 3. The van der Waals surface area contributed by atoms with E-state index in [9.17, 15) is 18.0 Å². The number of benzene rings is 1. The van der Waals surface area contributed by atoms with E-state index in [1.165, 1.54) is 19.9 Å². The normalized spacial score (nSPS) is 11.6. The van der Waals surface area contributed by atoms with Gasteiger partial charge in [0.25, 0.3) is 0 Å². The Hall–Kier alpha value is -1.03. The molecule has 0 fully saturated rings. The molecule has 0 radical (unpaired) electrons. The predicted molar refractivity (Wildman–Crippen MR) is 51.2 cm³/mol. The van der Waals surface area contributed by atoms with Gasteiger partial charge in [-0.05, 0) is 31.5 Å². The highest BCUT2D eigenvalue weighted by molar-refractivity contribution is 6.32. The van der Waals surface area contributed by atoms with Gasteiger partial charge in [0.2, 0.25) is 0 Å². The fraction of sp³-hybridized carbons (Fsp3) is 0.300. The van der Waals surface area contributed by atoms with Crippen LogP contribution in [0.25, 0.3) is 0 Å². The maximum atomic E-state index is 12.5. The minimum absolute atomic E-state index is 0.0415. The molecule has 0 spiro atoms. The van der Waals surface area contributed by atoms with Crippen molar-refractivity contribution in [3.8, 4) is 0 Å². The van der Waals surface area contributed by atoms with Crippen molar-refractivity contribution in [1.82, 2.24) is 0 Å². The lowest BCUT2D eigenvalue weighted by atomic mass is 10.0. The summed E-state index contributed by atoms with van der Waals surface area (Å²) in [6.07, 6.45) is -4.49. The highest BCUT2D eigenvalue weighted by Crippen LogP contribution is 2.37. The second kappa shape index (κ2) is 3.85. The average molecular weight is 237 g/mol. The monoisotopic (exact) mass is 236 g/mol. The zero-order chi connectivity index (χ0) is 11.8. The van der Waals surface area contributed by atoms with Gasteiger partial charge in [-0.25, -0.2) is 0 Å². The maximum Gasteiger partial charge on any atom is 0.418 e. The van der Waals surface area contributed by atoms with E-state index >= 15 is 0 Å². The maximum absolute atomic E-state index is 12.5. The van der Waals surface area contributed by atoms with Crippen molar-refractivity contribution >= 4 is 17.4 Å². The molecule has 1 aromatic rings. The van der Waals surface area contributed by atoms with Gasteiger partial charge in [-0.15, -0.1) is 0 Å². The van der Waals surface area contributed by atoms with Crippen molar-refractivity contribution in [2.45, 2.75) is 20.0 Å². The van der Waals surface area contributed by atoms with Gasteiger partial charge >= 0.3 is 6.18 Å². The number of rotatable bonds is 1. The average Bonchev–Trinajstić information content (AvgIpc) is 1.99. The number of hydrogen-bond donors (Lipinski definition) is 0. The first kappa shape index (κ1) is 12.0. The minimum atomic E-state index is -4.49. The van der Waals surface area contributed by atoms with Gasteiger partial charge in [0.1, 0.15) is 0 Å². The molecule has 1 nitrogen and oxygen atoms in total. The molecule has 1 aromatic carbocycles. The zero-order valence-electron chi connectivity index (χ0n) is 8.07. The van der Waals surface area contributed by atoms with Crippen molar-refractivity contribution in [3.63, 3.8) is 0 Å². The Morgan fingerprint density at radius 3 is 2.20 bits per heavy atom. The van der Waals surface area contributed by atoms with Crippen LogP contribution in [0.2, 0.25) is 5.02 Å². The molecule has 82 valence electrons. The van der Waals surface area contributed by atoms with Crippen LogP contribution in [0, 0.1) is 6.92 Å². The summed E-state index contributed by atoms with van der Waals surface area (Å²) in [5.41, 5.74) is -0.736. The van der Waals surface area contributed by atoms with Crippen LogP contribution in [0.15, 0.2) is 12.1 Å². The fourth-order valence-electron chi connectivity index (χ4n) is 1.31. The molecule has 1 rings (SSSR count). The van der Waals surface area contributed by atoms with E-state index in [1.807, 2.05) is 0 Å². The molecular weight excluding hydrogens is 229 g/mol. The van der Waals surface area contributed by atoms with Gasteiger partial charge in [-0.1, -0.05) is 11.6 Å². The van der Waals surface area contributed by atoms with Crippen molar-refractivity contribution in [2.75, 3.05) is 0 Å². The van der Waals surface area contributed by atoms with E-state index in [0.29, 0.717) is 0 Å². The smallest absolute Gasteiger partial charge is 0.295 e. The van der Waals surface area contributed by atoms with Crippen molar-refractivity contribution in [3.05, 3.63) is 33.8 Å². The van der Waals surface area contributed by atoms with Gasteiger partial charge < -0.3 is 0 Å².